The van der Waals surface area contributed by atoms with Gasteiger partial charge in [-0.1, -0.05) is 0 Å². The van der Waals surface area contributed by atoms with Crippen molar-refractivity contribution in [1.29, 1.82) is 0 Å². The third-order valence-corrected chi connectivity index (χ3v) is 3.75. The number of hydrogen-bond acceptors (Lipinski definition) is 5. The fourth-order valence-corrected chi connectivity index (χ4v) is 2.45. The number of methoxy groups -OCH3 is 1. The normalized spacial score (nSPS) is 12.6. The van der Waals surface area contributed by atoms with Crippen LogP contribution in [0.1, 0.15) is 23.7 Å². The van der Waals surface area contributed by atoms with E-state index in [9.17, 15) is 0 Å². The van der Waals surface area contributed by atoms with E-state index in [0.29, 0.717) is 6.61 Å². The van der Waals surface area contributed by atoms with Crippen molar-refractivity contribution in [2.75, 3.05) is 19.0 Å². The topological polar surface area (TPSA) is 52.0 Å². The lowest BCUT2D eigenvalue weighted by molar-refractivity contribution is 0.187. The number of aromatic nitrogens is 3. The molecule has 1 unspecified atom stereocenters. The quantitative estimate of drug-likeness (QED) is 0.872. The first-order valence-corrected chi connectivity index (χ1v) is 6.77. The van der Waals surface area contributed by atoms with Crippen molar-refractivity contribution in [3.05, 3.63) is 28.5 Å². The first-order chi connectivity index (χ1) is 8.70. The van der Waals surface area contributed by atoms with Gasteiger partial charge in [0.1, 0.15) is 5.01 Å². The molecule has 2 rings (SSSR count). The van der Waals surface area contributed by atoms with Crippen molar-refractivity contribution < 1.29 is 4.74 Å². The van der Waals surface area contributed by atoms with Gasteiger partial charge in [-0.2, -0.15) is 0 Å². The maximum atomic E-state index is 5.08. The molecule has 1 N–H and O–H groups in total. The highest BCUT2D eigenvalue weighted by Crippen LogP contribution is 2.21. The summed E-state index contributed by atoms with van der Waals surface area (Å²) in [5, 5.41) is 6.51. The Morgan fingerprint density at radius 1 is 1.56 bits per heavy atom. The van der Waals surface area contributed by atoms with Gasteiger partial charge in [0.15, 0.2) is 0 Å². The molecule has 0 bridgehead atoms. The summed E-state index contributed by atoms with van der Waals surface area (Å²) in [4.78, 5) is 8.79. The second-order valence-electron chi connectivity index (χ2n) is 4.13. The number of ether oxygens (including phenoxy) is 1. The third-order valence-electron chi connectivity index (χ3n) is 2.60. The molecule has 2 aromatic rings. The second-order valence-corrected chi connectivity index (χ2v) is 5.02. The third kappa shape index (κ3) is 3.08. The summed E-state index contributed by atoms with van der Waals surface area (Å²) < 4.78 is 7.12. The van der Waals surface area contributed by atoms with Crippen LogP contribution in [0.15, 0.2) is 17.8 Å². The van der Waals surface area contributed by atoms with Gasteiger partial charge < -0.3 is 14.6 Å². The Morgan fingerprint density at radius 3 is 3.06 bits per heavy atom. The number of nitrogens with zero attached hydrogens (tertiary/aromatic N) is 3. The minimum absolute atomic E-state index is 0.160. The summed E-state index contributed by atoms with van der Waals surface area (Å²) in [7, 11) is 1.70. The zero-order valence-corrected chi connectivity index (χ0v) is 11.7. The zero-order chi connectivity index (χ0) is 13.0. The second kappa shape index (κ2) is 5.97. The van der Waals surface area contributed by atoms with E-state index >= 15 is 0 Å². The van der Waals surface area contributed by atoms with E-state index in [1.165, 1.54) is 0 Å². The molecule has 5 nitrogen and oxygen atoms in total. The van der Waals surface area contributed by atoms with Gasteiger partial charge in [0.25, 0.3) is 0 Å². The summed E-state index contributed by atoms with van der Waals surface area (Å²) in [6.07, 6.45) is 3.74. The molecular formula is C12H18N4OS. The van der Waals surface area contributed by atoms with Crippen LogP contribution in [0, 0.1) is 6.92 Å². The Kier molecular flexibility index (Phi) is 4.33. The van der Waals surface area contributed by atoms with E-state index in [2.05, 4.69) is 27.6 Å². The molecule has 0 aliphatic rings. The minimum Gasteiger partial charge on any atom is -0.383 e. The molecule has 2 aromatic heterocycles. The largest absolute Gasteiger partial charge is 0.383 e. The molecule has 0 saturated carbocycles. The van der Waals surface area contributed by atoms with Gasteiger partial charge in [-0.05, 0) is 13.8 Å². The Balaban J connectivity index is 2.02. The monoisotopic (exact) mass is 266 g/mol. The van der Waals surface area contributed by atoms with Gasteiger partial charge >= 0.3 is 0 Å². The van der Waals surface area contributed by atoms with E-state index in [4.69, 9.17) is 4.74 Å². The maximum Gasteiger partial charge on any atom is 0.203 e. The zero-order valence-electron chi connectivity index (χ0n) is 10.9. The van der Waals surface area contributed by atoms with Gasteiger partial charge in [0.05, 0.1) is 12.6 Å². The Bertz CT molecular complexity index is 494. The molecule has 0 saturated heterocycles. The van der Waals surface area contributed by atoms with Gasteiger partial charge in [0.2, 0.25) is 5.95 Å². The summed E-state index contributed by atoms with van der Waals surface area (Å²) in [5.41, 5.74) is 1.06. The Morgan fingerprint density at radius 2 is 2.39 bits per heavy atom. The van der Waals surface area contributed by atoms with E-state index < -0.39 is 0 Å². The number of imidazole rings is 1. The number of nitrogens with one attached hydrogen (secondary N) is 1. The van der Waals surface area contributed by atoms with Gasteiger partial charge in [-0.3, -0.25) is 0 Å². The molecule has 0 aromatic carbocycles. The Labute approximate surface area is 111 Å². The van der Waals surface area contributed by atoms with Crippen molar-refractivity contribution in [3.63, 3.8) is 0 Å². The SMILES string of the molecule is COCCn1ccnc1NC(C)c1nc(C)cs1. The fraction of sp³-hybridized carbons (Fsp3) is 0.500. The standard InChI is InChI=1S/C12H18N4OS/c1-9-8-18-11(14-9)10(2)15-12-13-4-5-16(12)6-7-17-3/h4-5,8,10H,6-7H2,1-3H3,(H,13,15). The van der Waals surface area contributed by atoms with Crippen molar-refractivity contribution in [2.24, 2.45) is 0 Å². The van der Waals surface area contributed by atoms with Gasteiger partial charge in [0, 0.05) is 37.1 Å². The summed E-state index contributed by atoms with van der Waals surface area (Å²) >= 11 is 1.67. The number of aryl methyl sites for hydroxylation is 1. The highest BCUT2D eigenvalue weighted by atomic mass is 32.1. The molecule has 0 amide bonds. The van der Waals surface area contributed by atoms with Crippen LogP contribution in [0.25, 0.3) is 0 Å². The van der Waals surface area contributed by atoms with Crippen LogP contribution in [-0.2, 0) is 11.3 Å². The highest BCUT2D eigenvalue weighted by Gasteiger charge is 2.11. The molecule has 0 spiro atoms. The molecule has 6 heteroatoms. The number of thiazole rings is 1. The predicted octanol–water partition coefficient (Wildman–Crippen LogP) is 2.47. The summed E-state index contributed by atoms with van der Waals surface area (Å²) in [6.45, 7) is 5.57. The number of anilines is 1. The first-order valence-electron chi connectivity index (χ1n) is 5.89. The summed E-state index contributed by atoms with van der Waals surface area (Å²) in [6, 6.07) is 0.160. The Hall–Kier alpha value is -1.40. The molecule has 1 atom stereocenters. The highest BCUT2D eigenvalue weighted by molar-refractivity contribution is 7.09. The number of rotatable bonds is 6. The minimum atomic E-state index is 0.160. The summed E-state index contributed by atoms with van der Waals surface area (Å²) in [5.74, 6) is 0.854. The van der Waals surface area contributed by atoms with Crippen molar-refractivity contribution in [1.82, 2.24) is 14.5 Å². The van der Waals surface area contributed by atoms with Crippen molar-refractivity contribution in [2.45, 2.75) is 26.4 Å². The van der Waals surface area contributed by atoms with Crippen LogP contribution in [0.2, 0.25) is 0 Å². The smallest absolute Gasteiger partial charge is 0.203 e. The maximum absolute atomic E-state index is 5.08. The first kappa shape index (κ1) is 13.0. The van der Waals surface area contributed by atoms with Crippen LogP contribution < -0.4 is 5.32 Å². The van der Waals surface area contributed by atoms with Gasteiger partial charge in [-0.15, -0.1) is 11.3 Å². The van der Waals surface area contributed by atoms with Crippen LogP contribution in [0.4, 0.5) is 5.95 Å². The predicted molar refractivity (Wildman–Crippen MR) is 73.0 cm³/mol. The lowest BCUT2D eigenvalue weighted by Crippen LogP contribution is -2.13. The molecule has 0 radical (unpaired) electrons. The van der Waals surface area contributed by atoms with Crippen molar-refractivity contribution in [3.8, 4) is 0 Å². The average Bonchev–Trinajstić information content (AvgIpc) is 2.96. The average molecular weight is 266 g/mol. The lowest BCUT2D eigenvalue weighted by atomic mass is 10.3. The van der Waals surface area contributed by atoms with E-state index in [1.807, 2.05) is 17.7 Å². The molecule has 0 fully saturated rings. The van der Waals surface area contributed by atoms with Crippen LogP contribution >= 0.6 is 11.3 Å². The molecule has 98 valence electrons. The molecular weight excluding hydrogens is 248 g/mol. The molecule has 0 aliphatic carbocycles. The van der Waals surface area contributed by atoms with E-state index in [-0.39, 0.29) is 6.04 Å². The lowest BCUT2D eigenvalue weighted by Gasteiger charge is -2.13. The van der Waals surface area contributed by atoms with Crippen LogP contribution in [0.5, 0.6) is 0 Å². The van der Waals surface area contributed by atoms with Crippen LogP contribution in [-0.4, -0.2) is 28.3 Å². The van der Waals surface area contributed by atoms with Crippen LogP contribution in [0.3, 0.4) is 0 Å². The molecule has 2 heterocycles. The van der Waals surface area contributed by atoms with Gasteiger partial charge in [-0.25, -0.2) is 9.97 Å². The molecule has 0 aliphatic heterocycles. The van der Waals surface area contributed by atoms with E-state index in [0.717, 1.165) is 23.2 Å². The van der Waals surface area contributed by atoms with E-state index in [1.54, 1.807) is 24.6 Å². The van der Waals surface area contributed by atoms with Crippen molar-refractivity contribution >= 4 is 17.3 Å². The number of hydrogen-bond donors (Lipinski definition) is 1. The fourth-order valence-electron chi connectivity index (χ4n) is 1.65. The molecule has 18 heavy (non-hydrogen) atoms.